The van der Waals surface area contributed by atoms with Gasteiger partial charge >= 0.3 is 0 Å². The molecule has 0 aromatic heterocycles. The summed E-state index contributed by atoms with van der Waals surface area (Å²) >= 11 is 4.76. The van der Waals surface area contributed by atoms with Gasteiger partial charge in [0.15, 0.2) is 0 Å². The highest BCUT2D eigenvalue weighted by Gasteiger charge is 2.36. The summed E-state index contributed by atoms with van der Waals surface area (Å²) < 4.78 is 25.6. The first kappa shape index (κ1) is 14.3. The Hall–Kier alpha value is -0.730. The zero-order valence-corrected chi connectivity index (χ0v) is 11.6. The van der Waals surface area contributed by atoms with Gasteiger partial charge in [0.1, 0.15) is 5.25 Å². The maximum absolute atomic E-state index is 12.2. The fourth-order valence-electron chi connectivity index (χ4n) is 1.69. The second kappa shape index (κ2) is 5.28. The van der Waals surface area contributed by atoms with E-state index in [1.165, 1.54) is 9.21 Å². The lowest BCUT2D eigenvalue weighted by Crippen LogP contribution is -2.54. The van der Waals surface area contributed by atoms with Gasteiger partial charge in [-0.2, -0.15) is 4.31 Å². The van der Waals surface area contributed by atoms with Gasteiger partial charge in [0.05, 0.1) is 11.5 Å². The van der Waals surface area contributed by atoms with Gasteiger partial charge in [-0.15, -0.1) is 0 Å². The molecule has 0 saturated carbocycles. The van der Waals surface area contributed by atoms with Crippen molar-refractivity contribution in [3.05, 3.63) is 0 Å². The Morgan fingerprint density at radius 3 is 2.53 bits per heavy atom. The van der Waals surface area contributed by atoms with Gasteiger partial charge in [0.2, 0.25) is 15.9 Å². The van der Waals surface area contributed by atoms with E-state index >= 15 is 0 Å². The Kier molecular flexibility index (Phi) is 4.45. The molecule has 1 unspecified atom stereocenters. The van der Waals surface area contributed by atoms with Crippen molar-refractivity contribution < 1.29 is 13.2 Å². The van der Waals surface area contributed by atoms with Crippen LogP contribution < -0.4 is 5.73 Å². The average Bonchev–Trinajstić information content (AvgIpc) is 2.21. The van der Waals surface area contributed by atoms with Crippen LogP contribution in [0.3, 0.4) is 0 Å². The van der Waals surface area contributed by atoms with E-state index in [4.69, 9.17) is 18.0 Å². The molecule has 1 amide bonds. The zero-order valence-electron chi connectivity index (χ0n) is 9.92. The van der Waals surface area contributed by atoms with Crippen molar-refractivity contribution in [1.29, 1.82) is 0 Å². The van der Waals surface area contributed by atoms with Crippen LogP contribution in [0, 0.1) is 0 Å². The molecule has 17 heavy (non-hydrogen) atoms. The van der Waals surface area contributed by atoms with Gasteiger partial charge in [0, 0.05) is 20.1 Å². The van der Waals surface area contributed by atoms with Crippen molar-refractivity contribution in [2.75, 3.05) is 26.7 Å². The van der Waals surface area contributed by atoms with Crippen LogP contribution in [0.1, 0.15) is 13.3 Å². The van der Waals surface area contributed by atoms with Crippen LogP contribution in [-0.2, 0) is 14.8 Å². The highest BCUT2D eigenvalue weighted by atomic mass is 32.2. The van der Waals surface area contributed by atoms with Gasteiger partial charge in [-0.05, 0) is 6.42 Å². The highest BCUT2D eigenvalue weighted by Crippen LogP contribution is 2.15. The van der Waals surface area contributed by atoms with Crippen LogP contribution in [0.25, 0.3) is 0 Å². The molecule has 0 spiro atoms. The number of rotatable bonds is 4. The van der Waals surface area contributed by atoms with Gasteiger partial charge in [0.25, 0.3) is 0 Å². The lowest BCUT2D eigenvalue weighted by Gasteiger charge is -2.33. The van der Waals surface area contributed by atoms with Gasteiger partial charge in [-0.3, -0.25) is 4.79 Å². The zero-order chi connectivity index (χ0) is 13.2. The Morgan fingerprint density at radius 2 is 2.12 bits per heavy atom. The van der Waals surface area contributed by atoms with Gasteiger partial charge < -0.3 is 10.6 Å². The number of carbonyl (C=O) groups excluding carboxylic acids is 1. The van der Waals surface area contributed by atoms with Crippen molar-refractivity contribution in [1.82, 2.24) is 9.21 Å². The minimum atomic E-state index is -3.61. The molecule has 6 nitrogen and oxygen atoms in total. The molecule has 2 N–H and O–H groups in total. The summed E-state index contributed by atoms with van der Waals surface area (Å²) in [4.78, 5) is 13.0. The van der Waals surface area contributed by atoms with E-state index in [2.05, 4.69) is 0 Å². The number of nitrogens with two attached hydrogens (primary N) is 1. The lowest BCUT2D eigenvalue weighted by molar-refractivity contribution is -0.132. The molecule has 0 aromatic rings. The monoisotopic (exact) mass is 279 g/mol. The second-order valence-corrected chi connectivity index (χ2v) is 6.58. The minimum absolute atomic E-state index is 0.0427. The fraction of sp³-hybridized carbons (Fsp3) is 0.778. The first-order valence-corrected chi connectivity index (χ1v) is 7.24. The largest absolute Gasteiger partial charge is 0.392 e. The molecular formula is C9H17N3O3S2. The van der Waals surface area contributed by atoms with Gasteiger partial charge in [-0.1, -0.05) is 19.1 Å². The smallest absolute Gasteiger partial charge is 0.237 e. The number of hydrogen-bond acceptors (Lipinski definition) is 4. The van der Waals surface area contributed by atoms with Crippen molar-refractivity contribution in [2.45, 2.75) is 18.6 Å². The first-order valence-electron chi connectivity index (χ1n) is 5.33. The topological polar surface area (TPSA) is 83.7 Å². The summed E-state index contributed by atoms with van der Waals surface area (Å²) in [5.41, 5.74) is 5.43. The van der Waals surface area contributed by atoms with E-state index < -0.39 is 15.3 Å². The number of carbonyl (C=O) groups is 1. The Bertz CT molecular complexity index is 421. The van der Waals surface area contributed by atoms with Crippen molar-refractivity contribution in [2.24, 2.45) is 5.73 Å². The third kappa shape index (κ3) is 2.93. The Balaban J connectivity index is 2.91. The molecule has 1 aliphatic rings. The van der Waals surface area contributed by atoms with Crippen LogP contribution in [0.2, 0.25) is 0 Å². The van der Waals surface area contributed by atoms with Crippen LogP contribution in [0.15, 0.2) is 0 Å². The number of hydrogen-bond donors (Lipinski definition) is 1. The summed E-state index contributed by atoms with van der Waals surface area (Å²) in [7, 11) is -1.96. The summed E-state index contributed by atoms with van der Waals surface area (Å²) in [6.45, 7) is 2.27. The van der Waals surface area contributed by atoms with Crippen LogP contribution >= 0.6 is 12.2 Å². The molecule has 0 bridgehead atoms. The van der Waals surface area contributed by atoms with E-state index in [0.29, 0.717) is 19.5 Å². The standard InChI is InChI=1S/C9H17N3O3S2/c1-3-7(9(10)16)17(14,15)12-5-4-11(2)8(13)6-12/h7H,3-6H2,1-2H3,(H2,10,16). The third-order valence-electron chi connectivity index (χ3n) is 2.83. The van der Waals surface area contributed by atoms with E-state index in [-0.39, 0.29) is 17.4 Å². The summed E-state index contributed by atoms with van der Waals surface area (Å²) in [6.07, 6.45) is 0.318. The third-order valence-corrected chi connectivity index (χ3v) is 5.60. The normalized spacial score (nSPS) is 20.4. The summed E-state index contributed by atoms with van der Waals surface area (Å²) in [6, 6.07) is 0. The predicted molar refractivity (Wildman–Crippen MR) is 69.0 cm³/mol. The molecule has 1 atom stereocenters. The fourth-order valence-corrected chi connectivity index (χ4v) is 3.93. The Labute approximate surface area is 107 Å². The molecule has 1 aliphatic heterocycles. The molecule has 1 heterocycles. The van der Waals surface area contributed by atoms with Gasteiger partial charge in [-0.25, -0.2) is 8.42 Å². The molecular weight excluding hydrogens is 262 g/mol. The van der Waals surface area contributed by atoms with E-state index in [1.54, 1.807) is 14.0 Å². The molecule has 1 saturated heterocycles. The van der Waals surface area contributed by atoms with Crippen molar-refractivity contribution >= 4 is 33.1 Å². The molecule has 1 fully saturated rings. The average molecular weight is 279 g/mol. The number of amides is 1. The second-order valence-electron chi connectivity index (χ2n) is 3.99. The van der Waals surface area contributed by atoms with Crippen LogP contribution in [0.5, 0.6) is 0 Å². The maximum Gasteiger partial charge on any atom is 0.237 e. The first-order chi connectivity index (χ1) is 7.80. The minimum Gasteiger partial charge on any atom is -0.392 e. The summed E-state index contributed by atoms with van der Waals surface area (Å²) in [5, 5.41) is -0.881. The van der Waals surface area contributed by atoms with Crippen LogP contribution in [0.4, 0.5) is 0 Å². The number of nitrogens with zero attached hydrogens (tertiary/aromatic N) is 2. The van der Waals surface area contributed by atoms with Crippen molar-refractivity contribution in [3.63, 3.8) is 0 Å². The Morgan fingerprint density at radius 1 is 1.53 bits per heavy atom. The quantitative estimate of drug-likeness (QED) is 0.678. The highest BCUT2D eigenvalue weighted by molar-refractivity contribution is 7.92. The summed E-state index contributed by atoms with van der Waals surface area (Å²) in [5.74, 6) is -0.211. The lowest BCUT2D eigenvalue weighted by atomic mass is 10.3. The van der Waals surface area contributed by atoms with E-state index in [0.717, 1.165) is 0 Å². The van der Waals surface area contributed by atoms with E-state index in [9.17, 15) is 13.2 Å². The molecule has 0 radical (unpaired) electrons. The molecule has 0 aromatic carbocycles. The molecule has 98 valence electrons. The number of piperazine rings is 1. The van der Waals surface area contributed by atoms with Crippen LogP contribution in [-0.4, -0.2) is 60.5 Å². The number of sulfonamides is 1. The molecule has 8 heteroatoms. The predicted octanol–water partition coefficient (Wildman–Crippen LogP) is -0.845. The molecule has 0 aliphatic carbocycles. The number of thiocarbonyl (C=S) groups is 1. The SMILES string of the molecule is CCC(C(N)=S)S(=O)(=O)N1CCN(C)C(=O)C1. The number of likely N-dealkylation sites (N-methyl/N-ethyl adjacent to an activating group) is 1. The molecule has 1 rings (SSSR count). The van der Waals surface area contributed by atoms with Crippen molar-refractivity contribution in [3.8, 4) is 0 Å². The van der Waals surface area contributed by atoms with E-state index in [1.807, 2.05) is 0 Å². The maximum atomic E-state index is 12.2.